The summed E-state index contributed by atoms with van der Waals surface area (Å²) < 4.78 is 34.8. The molecule has 1 amide bonds. The molecule has 0 radical (unpaired) electrons. The molecule has 0 unspecified atom stereocenters. The summed E-state index contributed by atoms with van der Waals surface area (Å²) in [6.07, 6.45) is 5.23. The average molecular weight is 470 g/mol. The van der Waals surface area contributed by atoms with Crippen LogP contribution in [0, 0.1) is 0 Å². The highest BCUT2D eigenvalue weighted by Crippen LogP contribution is 2.26. The SMILES string of the molecule is COc1ccc(S(=O)(=O)N2CCCCCC2)cc1C(=O)Nc1ncn(Cc2ccccc2)n1. The van der Waals surface area contributed by atoms with E-state index < -0.39 is 15.9 Å². The van der Waals surface area contributed by atoms with Crippen LogP contribution in [0.1, 0.15) is 41.6 Å². The molecule has 0 bridgehead atoms. The summed E-state index contributed by atoms with van der Waals surface area (Å²) >= 11 is 0. The summed E-state index contributed by atoms with van der Waals surface area (Å²) in [4.78, 5) is 17.2. The number of anilines is 1. The normalized spacial score (nSPS) is 15.1. The minimum atomic E-state index is -3.71. The van der Waals surface area contributed by atoms with E-state index >= 15 is 0 Å². The molecule has 2 heterocycles. The lowest BCUT2D eigenvalue weighted by atomic mass is 10.2. The minimum Gasteiger partial charge on any atom is -0.496 e. The molecule has 1 aliphatic heterocycles. The number of ether oxygens (including phenoxy) is 1. The van der Waals surface area contributed by atoms with Crippen LogP contribution in [0.3, 0.4) is 0 Å². The lowest BCUT2D eigenvalue weighted by Crippen LogP contribution is -2.32. The fourth-order valence-corrected chi connectivity index (χ4v) is 5.37. The summed E-state index contributed by atoms with van der Waals surface area (Å²) in [7, 11) is -2.27. The third-order valence-corrected chi connectivity index (χ3v) is 7.46. The highest BCUT2D eigenvalue weighted by molar-refractivity contribution is 7.89. The number of amides is 1. The van der Waals surface area contributed by atoms with Crippen molar-refractivity contribution in [3.63, 3.8) is 0 Å². The number of rotatable bonds is 7. The number of nitrogens with one attached hydrogen (secondary N) is 1. The van der Waals surface area contributed by atoms with Crippen LogP contribution in [0.15, 0.2) is 59.8 Å². The molecular weight excluding hydrogens is 442 g/mol. The van der Waals surface area contributed by atoms with E-state index in [-0.39, 0.29) is 22.2 Å². The standard InChI is InChI=1S/C23H27N5O4S/c1-32-21-12-11-19(33(30,31)28-13-7-2-3-8-14-28)15-20(21)22(29)25-23-24-17-27(26-23)16-18-9-5-4-6-10-18/h4-6,9-12,15,17H,2-3,7-8,13-14,16H2,1H3,(H,25,26,29). The summed E-state index contributed by atoms with van der Waals surface area (Å²) in [6, 6.07) is 14.1. The molecule has 1 aromatic heterocycles. The van der Waals surface area contributed by atoms with Gasteiger partial charge in [0.25, 0.3) is 5.91 Å². The Bertz CT molecular complexity index is 1200. The summed E-state index contributed by atoms with van der Waals surface area (Å²) in [6.45, 7) is 1.48. The number of sulfonamides is 1. The Morgan fingerprint density at radius 2 is 1.79 bits per heavy atom. The second-order valence-corrected chi connectivity index (χ2v) is 9.82. The third-order valence-electron chi connectivity index (χ3n) is 5.57. The monoisotopic (exact) mass is 469 g/mol. The van der Waals surface area contributed by atoms with E-state index in [0.29, 0.717) is 19.6 Å². The fraction of sp³-hybridized carbons (Fsp3) is 0.348. The van der Waals surface area contributed by atoms with E-state index in [1.165, 1.54) is 35.9 Å². The van der Waals surface area contributed by atoms with Crippen LogP contribution in [0.5, 0.6) is 5.75 Å². The predicted octanol–water partition coefficient (Wildman–Crippen LogP) is 3.15. The van der Waals surface area contributed by atoms with Crippen LogP contribution in [0.4, 0.5) is 5.95 Å². The number of carbonyl (C=O) groups is 1. The van der Waals surface area contributed by atoms with Gasteiger partial charge in [0.2, 0.25) is 16.0 Å². The first-order valence-corrected chi connectivity index (χ1v) is 12.3. The molecule has 1 aliphatic rings. The van der Waals surface area contributed by atoms with Gasteiger partial charge in [-0.2, -0.15) is 4.31 Å². The van der Waals surface area contributed by atoms with Crippen molar-refractivity contribution in [3.8, 4) is 5.75 Å². The van der Waals surface area contributed by atoms with Crippen LogP contribution in [-0.2, 0) is 16.6 Å². The zero-order chi connectivity index (χ0) is 23.3. The van der Waals surface area contributed by atoms with Crippen molar-refractivity contribution in [2.75, 3.05) is 25.5 Å². The van der Waals surface area contributed by atoms with Crippen LogP contribution >= 0.6 is 0 Å². The van der Waals surface area contributed by atoms with Crippen molar-refractivity contribution in [2.24, 2.45) is 0 Å². The molecule has 1 fully saturated rings. The van der Waals surface area contributed by atoms with Crippen molar-refractivity contribution in [2.45, 2.75) is 37.1 Å². The molecule has 2 aromatic carbocycles. The van der Waals surface area contributed by atoms with Crippen molar-refractivity contribution in [1.82, 2.24) is 19.1 Å². The van der Waals surface area contributed by atoms with Crippen LogP contribution in [-0.4, -0.2) is 53.6 Å². The van der Waals surface area contributed by atoms with Crippen LogP contribution in [0.2, 0.25) is 0 Å². The number of hydrogen-bond acceptors (Lipinski definition) is 6. The van der Waals surface area contributed by atoms with Crippen molar-refractivity contribution >= 4 is 21.9 Å². The molecule has 0 aliphatic carbocycles. The second kappa shape index (κ2) is 10.1. The first-order chi connectivity index (χ1) is 16.0. The maximum Gasteiger partial charge on any atom is 0.261 e. The molecule has 4 rings (SSSR count). The highest BCUT2D eigenvalue weighted by atomic mass is 32.2. The summed E-state index contributed by atoms with van der Waals surface area (Å²) in [5.41, 5.74) is 1.15. The molecular formula is C23H27N5O4S. The van der Waals surface area contributed by atoms with Gasteiger partial charge >= 0.3 is 0 Å². The Kier molecular flexibility index (Phi) is 7.05. The summed E-state index contributed by atoms with van der Waals surface area (Å²) in [5.74, 6) is -0.151. The molecule has 9 nitrogen and oxygen atoms in total. The predicted molar refractivity (Wildman–Crippen MR) is 124 cm³/mol. The Balaban J connectivity index is 1.53. The van der Waals surface area contributed by atoms with E-state index in [9.17, 15) is 13.2 Å². The Hall–Kier alpha value is -3.24. The van der Waals surface area contributed by atoms with E-state index in [1.54, 1.807) is 4.68 Å². The lowest BCUT2D eigenvalue weighted by molar-refractivity contribution is 0.102. The van der Waals surface area contributed by atoms with E-state index in [2.05, 4.69) is 15.4 Å². The van der Waals surface area contributed by atoms with E-state index in [0.717, 1.165) is 31.2 Å². The van der Waals surface area contributed by atoms with Crippen LogP contribution < -0.4 is 10.1 Å². The van der Waals surface area contributed by atoms with Gasteiger partial charge in [-0.25, -0.2) is 18.1 Å². The highest BCUT2D eigenvalue weighted by Gasteiger charge is 2.27. The Labute approximate surface area is 193 Å². The van der Waals surface area contributed by atoms with Crippen LogP contribution in [0.25, 0.3) is 0 Å². The molecule has 33 heavy (non-hydrogen) atoms. The number of benzene rings is 2. The van der Waals surface area contributed by atoms with Gasteiger partial charge in [0.05, 0.1) is 24.1 Å². The molecule has 174 valence electrons. The zero-order valence-electron chi connectivity index (χ0n) is 18.5. The molecule has 0 spiro atoms. The zero-order valence-corrected chi connectivity index (χ0v) is 19.3. The minimum absolute atomic E-state index is 0.0675. The number of carbonyl (C=O) groups excluding carboxylic acids is 1. The molecule has 1 N–H and O–H groups in total. The Morgan fingerprint density at radius 3 is 2.48 bits per heavy atom. The van der Waals surface area contributed by atoms with Gasteiger partial charge in [-0.1, -0.05) is 43.2 Å². The largest absolute Gasteiger partial charge is 0.496 e. The van der Waals surface area contributed by atoms with E-state index in [1.807, 2.05) is 30.3 Å². The third kappa shape index (κ3) is 5.40. The van der Waals surface area contributed by atoms with Crippen molar-refractivity contribution < 1.29 is 17.9 Å². The molecule has 0 saturated carbocycles. The van der Waals surface area contributed by atoms with Crippen molar-refractivity contribution in [1.29, 1.82) is 0 Å². The quantitative estimate of drug-likeness (QED) is 0.570. The summed E-state index contributed by atoms with van der Waals surface area (Å²) in [5, 5.41) is 6.92. The fourth-order valence-electron chi connectivity index (χ4n) is 3.82. The van der Waals surface area contributed by atoms with Gasteiger partial charge < -0.3 is 4.74 Å². The first-order valence-electron chi connectivity index (χ1n) is 10.9. The molecule has 10 heteroatoms. The smallest absolute Gasteiger partial charge is 0.261 e. The number of nitrogens with zero attached hydrogens (tertiary/aromatic N) is 4. The van der Waals surface area contributed by atoms with Gasteiger partial charge in [-0.3, -0.25) is 10.1 Å². The topological polar surface area (TPSA) is 106 Å². The lowest BCUT2D eigenvalue weighted by Gasteiger charge is -2.20. The number of methoxy groups -OCH3 is 1. The van der Waals surface area contributed by atoms with Gasteiger partial charge in [0.15, 0.2) is 0 Å². The van der Waals surface area contributed by atoms with Crippen molar-refractivity contribution in [3.05, 3.63) is 66.0 Å². The Morgan fingerprint density at radius 1 is 1.06 bits per heavy atom. The number of hydrogen-bond donors (Lipinski definition) is 1. The molecule has 3 aromatic rings. The van der Waals surface area contributed by atoms with Gasteiger partial charge in [-0.15, -0.1) is 5.10 Å². The second-order valence-electron chi connectivity index (χ2n) is 7.89. The average Bonchev–Trinajstić information content (AvgIpc) is 3.07. The van der Waals surface area contributed by atoms with Gasteiger partial charge in [-0.05, 0) is 36.6 Å². The maximum atomic E-state index is 13.2. The maximum absolute atomic E-state index is 13.2. The van der Waals surface area contributed by atoms with Gasteiger partial charge in [0.1, 0.15) is 12.1 Å². The molecule has 0 atom stereocenters. The van der Waals surface area contributed by atoms with E-state index in [4.69, 9.17) is 4.74 Å². The van der Waals surface area contributed by atoms with Gasteiger partial charge in [0, 0.05) is 13.1 Å². The number of aromatic nitrogens is 3. The molecule has 1 saturated heterocycles. The first kappa shape index (κ1) is 22.9.